The largest absolute Gasteiger partial charge is 0.316 e. The molecule has 0 aromatic carbocycles. The average Bonchev–Trinajstić information content (AvgIpc) is 2.41. The van der Waals surface area contributed by atoms with Gasteiger partial charge in [-0.3, -0.25) is 0 Å². The average molecular weight is 239 g/mol. The highest BCUT2D eigenvalue weighted by Gasteiger charge is 2.26. The van der Waals surface area contributed by atoms with Crippen molar-refractivity contribution >= 4 is 0 Å². The lowest BCUT2D eigenvalue weighted by atomic mass is 9.74. The fourth-order valence-electron chi connectivity index (χ4n) is 3.32. The van der Waals surface area contributed by atoms with Crippen molar-refractivity contribution in [3.63, 3.8) is 0 Å². The molecule has 0 unspecified atom stereocenters. The summed E-state index contributed by atoms with van der Waals surface area (Å²) in [6.45, 7) is 9.31. The fourth-order valence-corrected chi connectivity index (χ4v) is 3.32. The summed E-state index contributed by atoms with van der Waals surface area (Å²) in [4.78, 5) is 0. The van der Waals surface area contributed by atoms with E-state index in [1.165, 1.54) is 64.3 Å². The maximum Gasteiger partial charge on any atom is 0.000749 e. The van der Waals surface area contributed by atoms with Crippen LogP contribution in [-0.4, -0.2) is 13.1 Å². The smallest absolute Gasteiger partial charge is 0.000749 e. The summed E-state index contributed by atoms with van der Waals surface area (Å²) in [5, 5.41) is 3.58. The summed E-state index contributed by atoms with van der Waals surface area (Å²) in [6.07, 6.45) is 13.1. The van der Waals surface area contributed by atoms with Gasteiger partial charge >= 0.3 is 0 Å². The Balaban J connectivity index is 2.36. The molecule has 0 heterocycles. The van der Waals surface area contributed by atoms with Crippen LogP contribution in [-0.2, 0) is 0 Å². The zero-order valence-electron chi connectivity index (χ0n) is 12.4. The first-order valence-electron chi connectivity index (χ1n) is 7.97. The highest BCUT2D eigenvalue weighted by Crippen LogP contribution is 2.36. The van der Waals surface area contributed by atoms with Crippen molar-refractivity contribution in [2.24, 2.45) is 11.3 Å². The van der Waals surface area contributed by atoms with Gasteiger partial charge in [-0.15, -0.1) is 0 Å². The van der Waals surface area contributed by atoms with Crippen molar-refractivity contribution in [3.05, 3.63) is 0 Å². The minimum Gasteiger partial charge on any atom is -0.316 e. The van der Waals surface area contributed by atoms with Crippen molar-refractivity contribution in [3.8, 4) is 0 Å². The molecule has 17 heavy (non-hydrogen) atoms. The van der Waals surface area contributed by atoms with Crippen LogP contribution in [0.3, 0.4) is 0 Å². The molecular formula is C16H33N. The summed E-state index contributed by atoms with van der Waals surface area (Å²) in [5.74, 6) is 1.04. The van der Waals surface area contributed by atoms with Gasteiger partial charge in [0.25, 0.3) is 0 Å². The zero-order valence-corrected chi connectivity index (χ0v) is 12.4. The maximum atomic E-state index is 3.58. The Morgan fingerprint density at radius 1 is 1.00 bits per heavy atom. The molecule has 1 N–H and O–H groups in total. The second kappa shape index (κ2) is 8.13. The third kappa shape index (κ3) is 4.99. The van der Waals surface area contributed by atoms with Crippen LogP contribution in [0.15, 0.2) is 0 Å². The van der Waals surface area contributed by atoms with Crippen LogP contribution >= 0.6 is 0 Å². The van der Waals surface area contributed by atoms with E-state index in [1.54, 1.807) is 0 Å². The van der Waals surface area contributed by atoms with E-state index in [1.807, 2.05) is 0 Å². The van der Waals surface area contributed by atoms with E-state index in [4.69, 9.17) is 0 Å². The Kier molecular flexibility index (Phi) is 7.18. The van der Waals surface area contributed by atoms with Crippen molar-refractivity contribution in [2.45, 2.75) is 78.6 Å². The highest BCUT2D eigenvalue weighted by molar-refractivity contribution is 4.80. The molecule has 1 saturated carbocycles. The van der Waals surface area contributed by atoms with Crippen LogP contribution in [0.1, 0.15) is 78.6 Å². The second-order valence-corrected chi connectivity index (χ2v) is 6.03. The van der Waals surface area contributed by atoms with Crippen molar-refractivity contribution in [2.75, 3.05) is 13.1 Å². The van der Waals surface area contributed by atoms with Gasteiger partial charge in [0.2, 0.25) is 0 Å². The molecule has 0 bridgehead atoms. The number of hydrogen-bond donors (Lipinski definition) is 1. The van der Waals surface area contributed by atoms with E-state index in [0.29, 0.717) is 5.41 Å². The van der Waals surface area contributed by atoms with E-state index < -0.39 is 0 Å². The van der Waals surface area contributed by atoms with Gasteiger partial charge in [0.1, 0.15) is 0 Å². The van der Waals surface area contributed by atoms with Gasteiger partial charge in [-0.25, -0.2) is 0 Å². The Morgan fingerprint density at radius 2 is 1.65 bits per heavy atom. The normalized spacial score (nSPS) is 18.5. The fraction of sp³-hybridized carbons (Fsp3) is 1.00. The quantitative estimate of drug-likeness (QED) is 0.644. The topological polar surface area (TPSA) is 12.0 Å². The molecule has 0 atom stereocenters. The first kappa shape index (κ1) is 15.0. The molecule has 102 valence electrons. The first-order valence-corrected chi connectivity index (χ1v) is 7.97. The van der Waals surface area contributed by atoms with Crippen LogP contribution in [0.2, 0.25) is 0 Å². The summed E-state index contributed by atoms with van der Waals surface area (Å²) >= 11 is 0. The van der Waals surface area contributed by atoms with Gasteiger partial charge in [0.05, 0.1) is 0 Å². The Bertz CT molecular complexity index is 178. The minimum atomic E-state index is 0.577. The van der Waals surface area contributed by atoms with Crippen molar-refractivity contribution < 1.29 is 0 Å². The standard InChI is InChI=1S/C16H33N/c1-4-16(5-2,14-17-6-3)13-12-15-10-8-7-9-11-15/h15,17H,4-14H2,1-3H3. The van der Waals surface area contributed by atoms with E-state index in [-0.39, 0.29) is 0 Å². The lowest BCUT2D eigenvalue weighted by Crippen LogP contribution is -2.34. The molecule has 0 radical (unpaired) electrons. The molecule has 1 aliphatic carbocycles. The summed E-state index contributed by atoms with van der Waals surface area (Å²) in [7, 11) is 0. The van der Waals surface area contributed by atoms with Crippen LogP contribution in [0.4, 0.5) is 0 Å². The molecule has 0 aliphatic heterocycles. The number of hydrogen-bond acceptors (Lipinski definition) is 1. The molecule has 0 saturated heterocycles. The van der Waals surface area contributed by atoms with Crippen molar-refractivity contribution in [1.82, 2.24) is 5.32 Å². The van der Waals surface area contributed by atoms with Gasteiger partial charge in [-0.2, -0.15) is 0 Å². The molecule has 1 heteroatoms. The molecule has 0 spiro atoms. The molecule has 1 fully saturated rings. The minimum absolute atomic E-state index is 0.577. The summed E-state index contributed by atoms with van der Waals surface area (Å²) in [5.41, 5.74) is 0.577. The van der Waals surface area contributed by atoms with Gasteiger partial charge in [0, 0.05) is 6.54 Å². The molecule has 0 aromatic heterocycles. The van der Waals surface area contributed by atoms with E-state index >= 15 is 0 Å². The Morgan fingerprint density at radius 3 is 2.18 bits per heavy atom. The molecule has 0 amide bonds. The lowest BCUT2D eigenvalue weighted by molar-refractivity contribution is 0.195. The van der Waals surface area contributed by atoms with Gasteiger partial charge in [-0.1, -0.05) is 52.9 Å². The predicted octanol–water partition coefficient (Wildman–Crippen LogP) is 4.76. The van der Waals surface area contributed by atoms with Gasteiger partial charge in [0.15, 0.2) is 0 Å². The molecule has 1 rings (SSSR count). The predicted molar refractivity (Wildman–Crippen MR) is 77.4 cm³/mol. The molecular weight excluding hydrogens is 206 g/mol. The molecule has 1 aliphatic rings. The number of nitrogens with one attached hydrogen (secondary N) is 1. The van der Waals surface area contributed by atoms with Crippen LogP contribution in [0.25, 0.3) is 0 Å². The number of rotatable bonds is 8. The highest BCUT2D eigenvalue weighted by atomic mass is 14.9. The first-order chi connectivity index (χ1) is 8.26. The second-order valence-electron chi connectivity index (χ2n) is 6.03. The molecule has 0 aromatic rings. The lowest BCUT2D eigenvalue weighted by Gasteiger charge is -2.34. The third-order valence-electron chi connectivity index (χ3n) is 5.06. The van der Waals surface area contributed by atoms with E-state index in [2.05, 4.69) is 26.1 Å². The van der Waals surface area contributed by atoms with Gasteiger partial charge in [-0.05, 0) is 43.6 Å². The van der Waals surface area contributed by atoms with Crippen LogP contribution in [0.5, 0.6) is 0 Å². The third-order valence-corrected chi connectivity index (χ3v) is 5.06. The summed E-state index contributed by atoms with van der Waals surface area (Å²) in [6, 6.07) is 0. The SMILES string of the molecule is CCNCC(CC)(CC)CCC1CCCCC1. The summed E-state index contributed by atoms with van der Waals surface area (Å²) < 4.78 is 0. The van der Waals surface area contributed by atoms with E-state index in [9.17, 15) is 0 Å². The van der Waals surface area contributed by atoms with Crippen molar-refractivity contribution in [1.29, 1.82) is 0 Å². The molecule has 1 nitrogen and oxygen atoms in total. The Hall–Kier alpha value is -0.0400. The maximum absolute atomic E-state index is 3.58. The Labute approximate surface area is 109 Å². The van der Waals surface area contributed by atoms with Gasteiger partial charge < -0.3 is 5.32 Å². The van der Waals surface area contributed by atoms with Crippen LogP contribution < -0.4 is 5.32 Å². The monoisotopic (exact) mass is 239 g/mol. The zero-order chi connectivity index (χ0) is 12.6. The van der Waals surface area contributed by atoms with Crippen LogP contribution in [0, 0.1) is 11.3 Å². The van der Waals surface area contributed by atoms with E-state index in [0.717, 1.165) is 12.5 Å².